The van der Waals surface area contributed by atoms with Gasteiger partial charge in [-0.3, -0.25) is 0 Å². The van der Waals surface area contributed by atoms with E-state index < -0.39 is 23.9 Å². The number of carbonyl (C=O) groups excluding carboxylic acids is 4. The SMILES string of the molecule is O=C([O-])c1ccc2c3ccc(C(=O)[O-])c4c(C(=O)[O-])ccc(c5ccc(C(=O)[O-])c1c25)c43.[Li+].[Li+].[Li+].[Li+]. The Kier molecular flexibility index (Phi) is 10.0. The molecule has 0 aliphatic rings. The molecule has 0 fully saturated rings. The molecule has 5 aromatic rings. The molecular weight excluding hydrogens is 444 g/mol. The van der Waals surface area contributed by atoms with Crippen LogP contribution in [0.4, 0.5) is 0 Å². The van der Waals surface area contributed by atoms with E-state index in [1.807, 2.05) is 0 Å². The number of carboxylic acids is 4. The zero-order valence-electron chi connectivity index (χ0n) is 19.9. The summed E-state index contributed by atoms with van der Waals surface area (Å²) in [5.41, 5.74) is -1.38. The smallest absolute Gasteiger partial charge is 0.545 e. The van der Waals surface area contributed by atoms with Crippen molar-refractivity contribution in [2.45, 2.75) is 0 Å². The van der Waals surface area contributed by atoms with Crippen LogP contribution in [0.1, 0.15) is 41.4 Å². The Morgan fingerprint density at radius 1 is 0.361 bits per heavy atom. The monoisotopic (exact) mass is 452 g/mol. The Morgan fingerprint density at radius 2 is 0.556 bits per heavy atom. The number of aromatic carboxylic acids is 4. The van der Waals surface area contributed by atoms with E-state index in [-0.39, 0.29) is 108 Å². The van der Waals surface area contributed by atoms with Crippen LogP contribution in [0.2, 0.25) is 0 Å². The van der Waals surface area contributed by atoms with Crippen molar-refractivity contribution in [3.8, 4) is 0 Å². The second-order valence-corrected chi connectivity index (χ2v) is 7.29. The summed E-state index contributed by atoms with van der Waals surface area (Å²) in [6, 6.07) is 10.5. The van der Waals surface area contributed by atoms with Gasteiger partial charge in [0.1, 0.15) is 0 Å². The first-order valence-electron chi connectivity index (χ1n) is 9.28. The molecule has 0 atom stereocenters. The second-order valence-electron chi connectivity index (χ2n) is 7.29. The number of carbonyl (C=O) groups is 4. The molecular formula is C24H8Li4O8. The van der Waals surface area contributed by atoms with Crippen molar-refractivity contribution in [3.05, 3.63) is 70.8 Å². The van der Waals surface area contributed by atoms with E-state index in [2.05, 4.69) is 0 Å². The van der Waals surface area contributed by atoms with Gasteiger partial charge in [-0.05, 0) is 32.3 Å². The predicted molar refractivity (Wildman–Crippen MR) is 105 cm³/mol. The van der Waals surface area contributed by atoms with Crippen LogP contribution in [0, 0.1) is 0 Å². The van der Waals surface area contributed by atoms with Crippen LogP contribution >= 0.6 is 0 Å². The van der Waals surface area contributed by atoms with E-state index >= 15 is 0 Å². The Hall–Kier alpha value is -2.33. The average molecular weight is 452 g/mol. The summed E-state index contributed by atoms with van der Waals surface area (Å²) in [7, 11) is 0. The summed E-state index contributed by atoms with van der Waals surface area (Å²) >= 11 is 0. The van der Waals surface area contributed by atoms with E-state index in [4.69, 9.17) is 0 Å². The van der Waals surface area contributed by atoms with Gasteiger partial charge >= 0.3 is 75.4 Å². The molecule has 12 heteroatoms. The largest absolute Gasteiger partial charge is 1.00 e. The van der Waals surface area contributed by atoms with E-state index in [1.165, 1.54) is 48.5 Å². The summed E-state index contributed by atoms with van der Waals surface area (Å²) in [6.45, 7) is 0. The quantitative estimate of drug-likeness (QED) is 0.148. The first kappa shape index (κ1) is 31.7. The third kappa shape index (κ3) is 4.47. The van der Waals surface area contributed by atoms with Crippen LogP contribution < -0.4 is 95.9 Å². The van der Waals surface area contributed by atoms with Gasteiger partial charge in [-0.2, -0.15) is 0 Å². The van der Waals surface area contributed by atoms with Crippen LogP contribution in [-0.2, 0) is 0 Å². The number of benzene rings is 5. The summed E-state index contributed by atoms with van der Waals surface area (Å²) in [5, 5.41) is 48.9. The summed E-state index contributed by atoms with van der Waals surface area (Å²) in [4.78, 5) is 46.9. The van der Waals surface area contributed by atoms with Crippen LogP contribution in [0.5, 0.6) is 0 Å². The van der Waals surface area contributed by atoms with Gasteiger partial charge in [-0.1, -0.05) is 48.5 Å². The molecule has 0 aliphatic carbocycles. The van der Waals surface area contributed by atoms with Crippen molar-refractivity contribution in [1.82, 2.24) is 0 Å². The molecule has 8 nitrogen and oxygen atoms in total. The minimum Gasteiger partial charge on any atom is -0.545 e. The first-order chi connectivity index (χ1) is 15.2. The van der Waals surface area contributed by atoms with E-state index in [1.54, 1.807) is 0 Å². The summed E-state index contributed by atoms with van der Waals surface area (Å²) in [6.07, 6.45) is 0. The third-order valence-corrected chi connectivity index (χ3v) is 5.78. The molecule has 5 rings (SSSR count). The molecule has 0 aliphatic heterocycles. The van der Waals surface area contributed by atoms with Gasteiger partial charge in [0.05, 0.1) is 23.9 Å². The molecule has 0 unspecified atom stereocenters. The molecule has 0 amide bonds. The number of rotatable bonds is 4. The third-order valence-electron chi connectivity index (χ3n) is 5.78. The van der Waals surface area contributed by atoms with E-state index in [0.29, 0.717) is 32.3 Å². The van der Waals surface area contributed by atoms with Crippen molar-refractivity contribution < 1.29 is 115 Å². The number of hydrogen-bond donors (Lipinski definition) is 0. The summed E-state index contributed by atoms with van der Waals surface area (Å²) < 4.78 is 0. The van der Waals surface area contributed by atoms with Crippen LogP contribution in [0.15, 0.2) is 48.5 Å². The van der Waals surface area contributed by atoms with Crippen LogP contribution in [0.25, 0.3) is 43.1 Å². The normalized spacial score (nSPS) is 10.2. The Balaban J connectivity index is 0.00000162. The molecule has 0 spiro atoms. The molecule has 156 valence electrons. The molecule has 5 aromatic carbocycles. The molecule has 0 bridgehead atoms. The Labute approximate surface area is 251 Å². The number of hydrogen-bond acceptors (Lipinski definition) is 8. The van der Waals surface area contributed by atoms with Gasteiger partial charge in [0.2, 0.25) is 0 Å². The molecule has 0 N–H and O–H groups in total. The maximum absolute atomic E-state index is 11.7. The molecule has 0 saturated heterocycles. The van der Waals surface area contributed by atoms with Crippen LogP contribution in [-0.4, -0.2) is 23.9 Å². The predicted octanol–water partition coefficient (Wildman–Crippen LogP) is -12.8. The Bertz CT molecular complexity index is 1460. The van der Waals surface area contributed by atoms with E-state index in [0.717, 1.165) is 0 Å². The standard InChI is InChI=1S/C24H12O8.4Li/c25-21(26)13-5-1-9-10-2-6-15(23(29)30)20-16(24(31)32)8-4-12(18(10)20)11-3-7-14(22(27)28)19(13)17(9)11;;;;/h1-8H,(H,25,26)(H,27,28)(H,29,30)(H,31,32);;;;/q;4*+1/p-4. The van der Waals surface area contributed by atoms with Gasteiger partial charge in [0, 0.05) is 33.0 Å². The molecule has 0 heterocycles. The van der Waals surface area contributed by atoms with Gasteiger partial charge < -0.3 is 39.6 Å². The average Bonchev–Trinajstić information content (AvgIpc) is 2.75. The zero-order valence-corrected chi connectivity index (χ0v) is 19.9. The maximum Gasteiger partial charge on any atom is 1.00 e. The van der Waals surface area contributed by atoms with Crippen molar-refractivity contribution in [2.75, 3.05) is 0 Å². The summed E-state index contributed by atoms with van der Waals surface area (Å²) in [5.74, 6) is -6.31. The van der Waals surface area contributed by atoms with Crippen molar-refractivity contribution in [2.24, 2.45) is 0 Å². The molecule has 0 radical (unpaired) electrons. The first-order valence-corrected chi connectivity index (χ1v) is 9.28. The van der Waals surface area contributed by atoms with E-state index in [9.17, 15) is 39.6 Å². The van der Waals surface area contributed by atoms with Gasteiger partial charge in [0.25, 0.3) is 0 Å². The number of fused-ring (bicyclic) bond motifs is 2. The van der Waals surface area contributed by atoms with Crippen LogP contribution in [0.3, 0.4) is 0 Å². The minimum absolute atomic E-state index is 0. The molecule has 0 saturated carbocycles. The Morgan fingerprint density at radius 3 is 0.722 bits per heavy atom. The van der Waals surface area contributed by atoms with Gasteiger partial charge in [-0.25, -0.2) is 0 Å². The van der Waals surface area contributed by atoms with Crippen molar-refractivity contribution in [3.63, 3.8) is 0 Å². The maximum atomic E-state index is 11.7. The fourth-order valence-corrected chi connectivity index (χ4v) is 4.57. The van der Waals surface area contributed by atoms with Crippen molar-refractivity contribution >= 4 is 67.0 Å². The topological polar surface area (TPSA) is 161 Å². The fraction of sp³-hybridized carbons (Fsp3) is 0. The molecule has 36 heavy (non-hydrogen) atoms. The van der Waals surface area contributed by atoms with Crippen molar-refractivity contribution in [1.29, 1.82) is 0 Å². The minimum atomic E-state index is -1.58. The zero-order chi connectivity index (χ0) is 22.9. The fourth-order valence-electron chi connectivity index (χ4n) is 4.57. The van der Waals surface area contributed by atoms with Gasteiger partial charge in [0.15, 0.2) is 0 Å². The van der Waals surface area contributed by atoms with Gasteiger partial charge in [-0.15, -0.1) is 0 Å². The number of carboxylic acid groups (broad SMARTS) is 4. The molecule has 0 aromatic heterocycles. The second kappa shape index (κ2) is 11.4.